The second-order valence-corrected chi connectivity index (χ2v) is 4.38. The number of rotatable bonds is 8. The summed E-state index contributed by atoms with van der Waals surface area (Å²) in [5.41, 5.74) is 0. The maximum Gasteiger partial charge on any atom is 0.418 e. The maximum atomic E-state index is 10.0. The average Bonchev–Trinajstić information content (AvgIpc) is 2.41. The lowest BCUT2D eigenvalue weighted by molar-refractivity contribution is -0.220. The van der Waals surface area contributed by atoms with E-state index in [-0.39, 0.29) is 19.8 Å². The summed E-state index contributed by atoms with van der Waals surface area (Å²) in [6, 6.07) is 8.37. The van der Waals surface area contributed by atoms with Crippen LogP contribution >= 0.6 is 0 Å². The highest BCUT2D eigenvalue weighted by Gasteiger charge is 2.00. The minimum absolute atomic E-state index is 0.0694. The van der Waals surface area contributed by atoms with Gasteiger partial charge < -0.3 is 29.0 Å². The Kier molecular flexibility index (Phi) is 11.9. The van der Waals surface area contributed by atoms with Crippen LogP contribution in [0.2, 0.25) is 0 Å². The molecule has 8 heteroatoms. The molecule has 0 aromatic heterocycles. The van der Waals surface area contributed by atoms with Gasteiger partial charge in [0.25, 0.3) is 0 Å². The molecule has 0 aliphatic heterocycles. The molecule has 3 N–H and O–H groups in total. The van der Waals surface area contributed by atoms with Gasteiger partial charge in [0, 0.05) is 25.4 Å². The van der Waals surface area contributed by atoms with E-state index in [0.29, 0.717) is 25.4 Å². The van der Waals surface area contributed by atoms with Gasteiger partial charge >= 0.3 is 9.17 Å². The fourth-order valence-electron chi connectivity index (χ4n) is 1.34. The minimum atomic E-state index is -3.09. The van der Waals surface area contributed by atoms with E-state index < -0.39 is 9.17 Å². The summed E-state index contributed by atoms with van der Waals surface area (Å²) in [5, 5.41) is 25.5. The first kappa shape index (κ1) is 18.7. The normalized spacial score (nSPS) is 9.80. The third kappa shape index (κ3) is 10.6. The number of aliphatic hydroxyl groups excluding tert-OH is 3. The summed E-state index contributed by atoms with van der Waals surface area (Å²) in [6.45, 7) is 1.75. The fraction of sp³-hybridized carbons (Fsp3) is 0.500. The van der Waals surface area contributed by atoms with E-state index in [1.54, 1.807) is 35.2 Å². The van der Waals surface area contributed by atoms with E-state index in [1.807, 2.05) is 0 Å². The Balaban J connectivity index is 0.000000361. The quantitative estimate of drug-likeness (QED) is 0.481. The van der Waals surface area contributed by atoms with Crippen LogP contribution in [0.1, 0.15) is 0 Å². The lowest BCUT2D eigenvalue weighted by Crippen LogP contribution is -2.32. The molecule has 20 heavy (non-hydrogen) atoms. The van der Waals surface area contributed by atoms with Crippen LogP contribution in [0, 0.1) is 0 Å². The molecule has 0 heterocycles. The predicted octanol–water partition coefficient (Wildman–Crippen LogP) is -1.89. The first-order valence-electron chi connectivity index (χ1n) is 6.12. The van der Waals surface area contributed by atoms with Gasteiger partial charge in [-0.2, -0.15) is 0 Å². The van der Waals surface area contributed by atoms with Crippen LogP contribution in [0.5, 0.6) is 5.75 Å². The van der Waals surface area contributed by atoms with Crippen LogP contribution in [0.3, 0.4) is 0 Å². The van der Waals surface area contributed by atoms with E-state index in [9.17, 15) is 9.26 Å². The standard InChI is InChI=1S/C6H15NO3.C6H5O3Si/c8-4-1-7(2-5-9)3-6-10;7-10(8)9-6-4-2-1-3-5-6/h8-10H,1-6H2;1-5H/q;-1. The first-order chi connectivity index (χ1) is 9.63. The maximum absolute atomic E-state index is 10.0. The van der Waals surface area contributed by atoms with Crippen molar-refractivity contribution in [3.05, 3.63) is 30.3 Å². The van der Waals surface area contributed by atoms with Crippen LogP contribution in [0.15, 0.2) is 30.3 Å². The van der Waals surface area contributed by atoms with Crippen molar-refractivity contribution in [2.45, 2.75) is 0 Å². The number of aliphatic hydroxyl groups is 3. The van der Waals surface area contributed by atoms with E-state index in [4.69, 9.17) is 15.3 Å². The van der Waals surface area contributed by atoms with Crippen molar-refractivity contribution in [3.8, 4) is 5.75 Å². The molecule has 0 radical (unpaired) electrons. The summed E-state index contributed by atoms with van der Waals surface area (Å²) in [4.78, 5) is 11.8. The van der Waals surface area contributed by atoms with Gasteiger partial charge in [-0.25, -0.2) is 0 Å². The SMILES string of the molecule is O=[Si]([O-])Oc1ccccc1.OCCN(CCO)CCO. The first-order valence-corrected chi connectivity index (χ1v) is 7.35. The van der Waals surface area contributed by atoms with Crippen molar-refractivity contribution in [2.24, 2.45) is 0 Å². The average molecular weight is 302 g/mol. The van der Waals surface area contributed by atoms with E-state index >= 15 is 0 Å². The van der Waals surface area contributed by atoms with Gasteiger partial charge in [0.05, 0.1) is 19.8 Å². The molecule has 0 aliphatic carbocycles. The second kappa shape index (κ2) is 12.7. The molecule has 1 aromatic rings. The van der Waals surface area contributed by atoms with Crippen molar-refractivity contribution in [1.82, 2.24) is 4.90 Å². The summed E-state index contributed by atoms with van der Waals surface area (Å²) >= 11 is 0. The number of nitrogens with zero attached hydrogens (tertiary/aromatic N) is 1. The number of hydrogen-bond acceptors (Lipinski definition) is 7. The third-order valence-electron chi connectivity index (χ3n) is 2.19. The molecule has 0 unspecified atom stereocenters. The molecule has 0 bridgehead atoms. The van der Waals surface area contributed by atoms with Gasteiger partial charge in [0.15, 0.2) is 0 Å². The molecule has 0 saturated carbocycles. The zero-order valence-corrected chi connectivity index (χ0v) is 12.1. The molecule has 0 aliphatic rings. The van der Waals surface area contributed by atoms with Crippen LogP contribution in [-0.2, 0) is 4.46 Å². The van der Waals surface area contributed by atoms with E-state index in [0.717, 1.165) is 0 Å². The Morgan fingerprint density at radius 1 is 1.00 bits per heavy atom. The summed E-state index contributed by atoms with van der Waals surface area (Å²) in [7, 11) is -3.09. The van der Waals surface area contributed by atoms with Gasteiger partial charge in [-0.1, -0.05) is 18.2 Å². The number of para-hydroxylation sites is 1. The van der Waals surface area contributed by atoms with Gasteiger partial charge in [0.1, 0.15) is 0 Å². The topological polar surface area (TPSA) is 113 Å². The monoisotopic (exact) mass is 302 g/mol. The molecule has 1 aromatic carbocycles. The van der Waals surface area contributed by atoms with Crippen LogP contribution in [-0.4, -0.2) is 68.8 Å². The molecule has 7 nitrogen and oxygen atoms in total. The Hall–Kier alpha value is -1.32. The highest BCUT2D eigenvalue weighted by atomic mass is 28.3. The van der Waals surface area contributed by atoms with Crippen molar-refractivity contribution >= 4 is 9.17 Å². The van der Waals surface area contributed by atoms with Gasteiger partial charge in [0.2, 0.25) is 0 Å². The Bertz CT molecular complexity index is 337. The molecular formula is C12H20NO6Si-. The zero-order valence-electron chi connectivity index (χ0n) is 11.1. The lowest BCUT2D eigenvalue weighted by Gasteiger charge is -2.17. The largest absolute Gasteiger partial charge is 0.554 e. The molecule has 0 spiro atoms. The highest BCUT2D eigenvalue weighted by Crippen LogP contribution is 2.06. The second-order valence-electron chi connectivity index (χ2n) is 3.68. The Labute approximate surface area is 119 Å². The molecule has 114 valence electrons. The van der Waals surface area contributed by atoms with Crippen molar-refractivity contribution in [3.63, 3.8) is 0 Å². The molecule has 0 fully saturated rings. The number of benzene rings is 1. The van der Waals surface area contributed by atoms with Gasteiger partial charge in [-0.15, -0.1) is 0 Å². The van der Waals surface area contributed by atoms with Crippen LogP contribution < -0.4 is 9.22 Å². The van der Waals surface area contributed by atoms with E-state index in [1.165, 1.54) is 0 Å². The van der Waals surface area contributed by atoms with Crippen LogP contribution in [0.4, 0.5) is 0 Å². The molecule has 0 amide bonds. The summed E-state index contributed by atoms with van der Waals surface area (Å²) in [6.07, 6.45) is 0. The van der Waals surface area contributed by atoms with E-state index in [2.05, 4.69) is 4.43 Å². The summed E-state index contributed by atoms with van der Waals surface area (Å²) in [5.74, 6) is 0.362. The minimum Gasteiger partial charge on any atom is -0.554 e. The highest BCUT2D eigenvalue weighted by molar-refractivity contribution is 6.23. The number of hydrogen-bond donors (Lipinski definition) is 3. The van der Waals surface area contributed by atoms with Crippen molar-refractivity contribution < 1.29 is 29.0 Å². The lowest BCUT2D eigenvalue weighted by atomic mass is 10.3. The Morgan fingerprint density at radius 3 is 1.80 bits per heavy atom. The Morgan fingerprint density at radius 2 is 1.45 bits per heavy atom. The molecular weight excluding hydrogens is 282 g/mol. The molecule has 0 saturated heterocycles. The smallest absolute Gasteiger partial charge is 0.418 e. The van der Waals surface area contributed by atoms with Crippen molar-refractivity contribution in [1.29, 1.82) is 0 Å². The van der Waals surface area contributed by atoms with Gasteiger partial charge in [-0.05, 0) is 12.1 Å². The van der Waals surface area contributed by atoms with Gasteiger partial charge in [-0.3, -0.25) is 4.90 Å². The third-order valence-corrected chi connectivity index (χ3v) is 2.60. The fourth-order valence-corrected chi connectivity index (χ4v) is 1.67. The van der Waals surface area contributed by atoms with Crippen LogP contribution in [0.25, 0.3) is 0 Å². The zero-order chi connectivity index (χ0) is 15.2. The van der Waals surface area contributed by atoms with Crippen molar-refractivity contribution in [2.75, 3.05) is 39.5 Å². The summed E-state index contributed by atoms with van der Waals surface area (Å²) < 4.78 is 14.4. The molecule has 0 atom stereocenters. The molecule has 1 rings (SSSR count). The predicted molar refractivity (Wildman–Crippen MR) is 71.2 cm³/mol.